The van der Waals surface area contributed by atoms with E-state index in [9.17, 15) is 10.1 Å². The van der Waals surface area contributed by atoms with Gasteiger partial charge in [0.1, 0.15) is 16.6 Å². The van der Waals surface area contributed by atoms with Gasteiger partial charge < -0.3 is 19.5 Å². The lowest BCUT2D eigenvalue weighted by atomic mass is 9.79. The van der Waals surface area contributed by atoms with Crippen molar-refractivity contribution in [2.24, 2.45) is 11.8 Å². The number of likely N-dealkylation sites (tertiary alicyclic amines) is 1. The highest BCUT2D eigenvalue weighted by Gasteiger charge is 2.51. The molecule has 3 aromatic heterocycles. The van der Waals surface area contributed by atoms with Gasteiger partial charge in [-0.2, -0.15) is 5.26 Å². The fraction of sp³-hybridized carbons (Fsp3) is 0.436. The molecule has 1 unspecified atom stereocenters. The summed E-state index contributed by atoms with van der Waals surface area (Å²) in [6.45, 7) is 5.39. The molecule has 3 saturated heterocycles. The van der Waals surface area contributed by atoms with Crippen LogP contribution in [0, 0.1) is 35.9 Å². The van der Waals surface area contributed by atoms with Gasteiger partial charge in [0.2, 0.25) is 5.91 Å². The third-order valence-corrected chi connectivity index (χ3v) is 13.2. The molecule has 2 aromatic carbocycles. The quantitative estimate of drug-likeness (QED) is 0.162. The molecule has 2 bridgehead atoms. The number of halogens is 3. The number of nitrogens with zero attached hydrogens (tertiary/aromatic N) is 5. The van der Waals surface area contributed by atoms with Crippen molar-refractivity contribution in [3.05, 3.63) is 79.7 Å². The fourth-order valence-corrected chi connectivity index (χ4v) is 9.89. The number of pyridine rings is 1. The molecule has 6 atom stereocenters. The molecule has 1 N–H and O–H groups in total. The number of hydrogen-bond donors (Lipinski definition) is 1. The Labute approximate surface area is 309 Å². The number of amides is 1. The molecule has 262 valence electrons. The van der Waals surface area contributed by atoms with E-state index < -0.39 is 5.82 Å². The van der Waals surface area contributed by atoms with Gasteiger partial charge in [0.05, 0.1) is 39.8 Å². The predicted octanol–water partition coefficient (Wildman–Crippen LogP) is 8.89. The van der Waals surface area contributed by atoms with Crippen LogP contribution in [-0.4, -0.2) is 50.6 Å². The summed E-state index contributed by atoms with van der Waals surface area (Å²) in [6, 6.07) is 11.9. The van der Waals surface area contributed by atoms with Gasteiger partial charge in [-0.15, -0.1) is 11.3 Å². The summed E-state index contributed by atoms with van der Waals surface area (Å²) in [5, 5.41) is 18.4. The van der Waals surface area contributed by atoms with E-state index >= 15 is 4.39 Å². The summed E-state index contributed by atoms with van der Waals surface area (Å²) in [4.78, 5) is 25.4. The number of ether oxygens (including phenoxy) is 1. The summed E-state index contributed by atoms with van der Waals surface area (Å²) in [6.07, 6.45) is 5.57. The van der Waals surface area contributed by atoms with Crippen LogP contribution in [0.3, 0.4) is 0 Å². The number of benzene rings is 2. The molecule has 6 heterocycles. The monoisotopic (exact) mass is 742 g/mol. The molecule has 2 aliphatic carbocycles. The molecule has 51 heavy (non-hydrogen) atoms. The summed E-state index contributed by atoms with van der Waals surface area (Å²) in [5.74, 6) is 0.188. The average Bonchev–Trinajstić information content (AvgIpc) is 3.64. The maximum atomic E-state index is 17.2. The van der Waals surface area contributed by atoms with Crippen molar-refractivity contribution in [3.63, 3.8) is 0 Å². The number of carbonyl (C=O) groups is 1. The van der Waals surface area contributed by atoms with Crippen LogP contribution < -0.4 is 5.32 Å². The minimum Gasteiger partial charge on any atom is -0.366 e. The van der Waals surface area contributed by atoms with Crippen molar-refractivity contribution in [2.75, 3.05) is 13.1 Å². The Balaban J connectivity index is 1.25. The Kier molecular flexibility index (Phi) is 8.36. The minimum atomic E-state index is -0.477. The molecule has 0 radical (unpaired) electrons. The molecule has 10 rings (SSSR count). The molecule has 12 heteroatoms. The van der Waals surface area contributed by atoms with E-state index in [4.69, 9.17) is 32.9 Å². The van der Waals surface area contributed by atoms with E-state index in [-0.39, 0.29) is 59.1 Å². The number of rotatable bonds is 9. The minimum absolute atomic E-state index is 0.0553. The van der Waals surface area contributed by atoms with Gasteiger partial charge >= 0.3 is 0 Å². The van der Waals surface area contributed by atoms with Gasteiger partial charge in [-0.25, -0.2) is 14.4 Å². The first-order valence-corrected chi connectivity index (χ1v) is 19.4. The Morgan fingerprint density at radius 3 is 2.78 bits per heavy atom. The molecule has 5 aliphatic rings. The van der Waals surface area contributed by atoms with Gasteiger partial charge in [0.25, 0.3) is 0 Å². The second-order valence-electron chi connectivity index (χ2n) is 14.6. The number of aromatic nitrogens is 3. The lowest BCUT2D eigenvalue weighted by Crippen LogP contribution is -2.41. The third kappa shape index (κ3) is 5.47. The topological polar surface area (TPSA) is 96.1 Å². The van der Waals surface area contributed by atoms with Crippen molar-refractivity contribution in [3.8, 4) is 17.2 Å². The summed E-state index contributed by atoms with van der Waals surface area (Å²) < 4.78 is 26.2. The number of aryl methyl sites for hydroxylation is 2. The van der Waals surface area contributed by atoms with Crippen LogP contribution >= 0.6 is 34.5 Å². The van der Waals surface area contributed by atoms with Gasteiger partial charge in [-0.1, -0.05) is 35.3 Å². The van der Waals surface area contributed by atoms with Crippen LogP contribution in [0.1, 0.15) is 79.2 Å². The molecule has 1 amide bonds. The Morgan fingerprint density at radius 2 is 2.08 bits per heavy atom. The Morgan fingerprint density at radius 1 is 1.24 bits per heavy atom. The highest BCUT2D eigenvalue weighted by Crippen LogP contribution is 2.51. The summed E-state index contributed by atoms with van der Waals surface area (Å²) >= 11 is 14.7. The largest absolute Gasteiger partial charge is 0.366 e. The maximum absolute atomic E-state index is 17.2. The Bertz CT molecular complexity index is 2230. The van der Waals surface area contributed by atoms with Crippen molar-refractivity contribution in [2.45, 2.75) is 82.7 Å². The molecule has 8 nitrogen and oxygen atoms in total. The van der Waals surface area contributed by atoms with Crippen LogP contribution in [0.2, 0.25) is 10.0 Å². The molecule has 3 aliphatic heterocycles. The SMILES string of the molecule is Cc1nc2c(F)c(-c3cccc(Cl)c3Cl)c(CCC#N)cc2c2c1cc([C@H]1C[C@H](OC(C)c3nccs3)CN1C(=O)C1CC1)n2[C@H]1[C@H]2CN[C@@H]1C2. The molecule has 2 saturated carbocycles. The predicted molar refractivity (Wildman–Crippen MR) is 197 cm³/mol. The van der Waals surface area contributed by atoms with Crippen LogP contribution in [-0.2, 0) is 16.0 Å². The lowest BCUT2D eigenvalue weighted by Gasteiger charge is -2.39. The molecule has 0 spiro atoms. The summed E-state index contributed by atoms with van der Waals surface area (Å²) in [7, 11) is 0. The molecular formula is C39H37Cl2FN6O2S. The number of nitrogens with one attached hydrogen (secondary N) is 1. The van der Waals surface area contributed by atoms with Crippen LogP contribution in [0.25, 0.3) is 32.9 Å². The van der Waals surface area contributed by atoms with Crippen LogP contribution in [0.15, 0.2) is 41.9 Å². The zero-order chi connectivity index (χ0) is 35.1. The fourth-order valence-electron chi connectivity index (χ4n) is 8.87. The van der Waals surface area contributed by atoms with Gasteiger partial charge in [0.15, 0.2) is 5.82 Å². The molecule has 5 fully saturated rings. The second kappa shape index (κ2) is 12.8. The molecule has 5 aromatic rings. The first-order valence-electron chi connectivity index (χ1n) is 17.8. The Hall–Kier alpha value is -3.59. The number of carbonyl (C=O) groups excluding carboxylic acids is 1. The van der Waals surface area contributed by atoms with Gasteiger partial charge in [-0.3, -0.25) is 4.79 Å². The first kappa shape index (κ1) is 33.3. The third-order valence-electron chi connectivity index (χ3n) is 11.4. The highest BCUT2D eigenvalue weighted by molar-refractivity contribution is 7.09. The number of hydrogen-bond acceptors (Lipinski definition) is 7. The molecular weight excluding hydrogens is 706 g/mol. The van der Waals surface area contributed by atoms with Crippen LogP contribution in [0.5, 0.6) is 0 Å². The second-order valence-corrected chi connectivity index (χ2v) is 16.3. The number of thiazole rings is 1. The van der Waals surface area contributed by atoms with E-state index in [1.165, 1.54) is 0 Å². The normalized spacial score (nSPS) is 24.7. The van der Waals surface area contributed by atoms with Gasteiger partial charge in [0, 0.05) is 82.8 Å². The highest BCUT2D eigenvalue weighted by atomic mass is 35.5. The lowest BCUT2D eigenvalue weighted by molar-refractivity contribution is -0.134. The van der Waals surface area contributed by atoms with Crippen molar-refractivity contribution in [1.82, 2.24) is 24.8 Å². The number of nitriles is 1. The average molecular weight is 744 g/mol. The smallest absolute Gasteiger partial charge is 0.226 e. The zero-order valence-corrected chi connectivity index (χ0v) is 30.7. The first-order chi connectivity index (χ1) is 24.7. The van der Waals surface area contributed by atoms with Crippen molar-refractivity contribution >= 4 is 62.3 Å². The van der Waals surface area contributed by atoms with E-state index in [0.717, 1.165) is 47.4 Å². The van der Waals surface area contributed by atoms with E-state index in [1.807, 2.05) is 25.3 Å². The summed E-state index contributed by atoms with van der Waals surface area (Å²) in [5.41, 5.74) is 4.43. The number of fused-ring (bicyclic) bond motifs is 4. The van der Waals surface area contributed by atoms with E-state index in [1.54, 1.807) is 35.7 Å². The van der Waals surface area contributed by atoms with Gasteiger partial charge in [-0.05, 0) is 69.2 Å². The standard InChI is InChI=1S/C39H37Cl2FN6O2S/c1-19-26-16-31(30-15-24(18-47(30)39(49)21-8-9-21)50-20(2)38-44-11-12-51-38)48(36-23-14-29(36)45-17-23)37(26)27-13-22(5-4-10-43)32(34(42)35(27)46-19)25-6-3-7-28(40)33(25)41/h3,6-7,11-13,16,20-21,23-24,29-30,36,45H,4-5,8-9,14-15,17-18H2,1-2H3/t20?,23-,24+,29-,30-,36+/m1/s1. The van der Waals surface area contributed by atoms with E-state index in [0.29, 0.717) is 58.1 Å². The van der Waals surface area contributed by atoms with Crippen LogP contribution in [0.4, 0.5) is 4.39 Å². The zero-order valence-electron chi connectivity index (χ0n) is 28.3. The van der Waals surface area contributed by atoms with Crippen molar-refractivity contribution < 1.29 is 13.9 Å². The van der Waals surface area contributed by atoms with Crippen molar-refractivity contribution in [1.29, 1.82) is 5.26 Å². The van der Waals surface area contributed by atoms with E-state index in [2.05, 4.69) is 31.9 Å². The maximum Gasteiger partial charge on any atom is 0.226 e.